The molecular weight excluding hydrogens is 1120 g/mol. The molecule has 0 N–H and O–H groups in total. The molecule has 0 radical (unpaired) electrons. The Morgan fingerprint density at radius 3 is 0.576 bits per heavy atom. The van der Waals surface area contributed by atoms with E-state index in [2.05, 4.69) is 92.3 Å². The molecule has 0 saturated heterocycles. The minimum absolute atomic E-state index is 0.772. The number of ether oxygens (including phenoxy) is 4. The molecule has 6 heteroatoms. The minimum atomic E-state index is 0.772. The fourth-order valence-corrected chi connectivity index (χ4v) is 13.9. The molecule has 6 nitrogen and oxygen atoms in total. The highest BCUT2D eigenvalue weighted by molar-refractivity contribution is 5.43. The van der Waals surface area contributed by atoms with Gasteiger partial charge in [0, 0.05) is 24.0 Å². The summed E-state index contributed by atoms with van der Waals surface area (Å²) >= 11 is 0. The van der Waals surface area contributed by atoms with Crippen molar-refractivity contribution >= 4 is 0 Å². The van der Waals surface area contributed by atoms with Crippen LogP contribution in [0.4, 0.5) is 0 Å². The zero-order valence-corrected chi connectivity index (χ0v) is 63.7. The van der Waals surface area contributed by atoms with Gasteiger partial charge in [0.15, 0.2) is 23.0 Å². The van der Waals surface area contributed by atoms with E-state index in [-0.39, 0.29) is 0 Å². The van der Waals surface area contributed by atoms with Crippen molar-refractivity contribution < 1.29 is 27.9 Å². The molecule has 0 bridgehead atoms. The van der Waals surface area contributed by atoms with Crippen molar-refractivity contribution in [2.24, 2.45) is 0 Å². The summed E-state index contributed by atoms with van der Waals surface area (Å²) in [6.07, 6.45) is 79.3. The van der Waals surface area contributed by atoms with Gasteiger partial charge in [-0.1, -0.05) is 362 Å². The van der Waals surface area contributed by atoms with Crippen molar-refractivity contribution in [1.82, 2.24) is 0 Å². The highest BCUT2D eigenvalue weighted by atomic mass is 16.5. The summed E-state index contributed by atoms with van der Waals surface area (Å²) < 4.78 is 28.3. The maximum atomic E-state index is 6.64. The lowest BCUT2D eigenvalue weighted by atomic mass is 10.0. The van der Waals surface area contributed by atoms with Gasteiger partial charge in [-0.05, 0) is 62.1 Å². The first-order chi connectivity index (χ1) is 45.1. The lowest BCUT2D eigenvalue weighted by molar-refractivity contribution is -0.910. The number of nitrogens with zero attached hydrogens (tertiary/aromatic N) is 2. The zero-order chi connectivity index (χ0) is 66.2. The summed E-state index contributed by atoms with van der Waals surface area (Å²) in [5.74, 6) is 3.78. The van der Waals surface area contributed by atoms with Gasteiger partial charge in [0.2, 0.25) is 0 Å². The SMILES string of the molecule is CCCCCCCCCCCCCCCCOc1ccc(C[N+](C)(C)CCCC[N+](C)(C)Cc2ccc(OCCCCCCCCCCCCCCCC)c(OCCCCCCCCCCCCCCCC)c2)cc1OCCCCCCCCCCCCCCCC. The number of hydrogen-bond donors (Lipinski definition) is 0. The number of quaternary nitrogens is 2. The van der Waals surface area contributed by atoms with Crippen LogP contribution in [0.15, 0.2) is 36.4 Å². The lowest BCUT2D eigenvalue weighted by Gasteiger charge is -2.32. The Hall–Kier alpha value is -2.44. The average molecular weight is 1290 g/mol. The van der Waals surface area contributed by atoms with Crippen LogP contribution in [-0.4, -0.2) is 76.7 Å². The molecule has 0 aliphatic heterocycles. The molecule has 0 aromatic heterocycles. The van der Waals surface area contributed by atoms with Gasteiger partial charge in [0.1, 0.15) is 13.1 Å². The van der Waals surface area contributed by atoms with E-state index in [9.17, 15) is 0 Å². The molecular formula is C86H162N2O4+2. The van der Waals surface area contributed by atoms with E-state index >= 15 is 0 Å². The fraction of sp³-hybridized carbons (Fsp3) is 0.860. The van der Waals surface area contributed by atoms with Gasteiger partial charge in [-0.2, -0.15) is 0 Å². The van der Waals surface area contributed by atoms with Crippen molar-refractivity contribution in [2.45, 2.75) is 413 Å². The first kappa shape index (κ1) is 85.6. The van der Waals surface area contributed by atoms with Crippen molar-refractivity contribution in [1.29, 1.82) is 0 Å². The Morgan fingerprint density at radius 2 is 0.380 bits per heavy atom. The molecule has 0 unspecified atom stereocenters. The zero-order valence-electron chi connectivity index (χ0n) is 63.7. The molecule has 0 amide bonds. The van der Waals surface area contributed by atoms with Crippen molar-refractivity contribution in [3.63, 3.8) is 0 Å². The molecule has 2 rings (SSSR count). The summed E-state index contributed by atoms with van der Waals surface area (Å²) in [4.78, 5) is 0. The van der Waals surface area contributed by atoms with Crippen LogP contribution in [0.3, 0.4) is 0 Å². The monoisotopic (exact) mass is 1290 g/mol. The third kappa shape index (κ3) is 53.7. The van der Waals surface area contributed by atoms with E-state index in [1.165, 1.54) is 358 Å². The van der Waals surface area contributed by atoms with E-state index in [0.717, 1.165) is 110 Å². The maximum absolute atomic E-state index is 6.64. The summed E-state index contributed by atoms with van der Waals surface area (Å²) in [5.41, 5.74) is 2.69. The van der Waals surface area contributed by atoms with Gasteiger partial charge >= 0.3 is 0 Å². The maximum Gasteiger partial charge on any atom is 0.161 e. The van der Waals surface area contributed by atoms with Gasteiger partial charge in [-0.25, -0.2) is 0 Å². The van der Waals surface area contributed by atoms with Gasteiger partial charge < -0.3 is 27.9 Å². The van der Waals surface area contributed by atoms with Crippen LogP contribution < -0.4 is 18.9 Å². The second kappa shape index (κ2) is 63.3. The van der Waals surface area contributed by atoms with E-state index in [1.807, 2.05) is 0 Å². The average Bonchev–Trinajstić information content (AvgIpc) is 1.07. The van der Waals surface area contributed by atoms with Crippen LogP contribution in [0.5, 0.6) is 23.0 Å². The summed E-state index contributed by atoms with van der Waals surface area (Å²) in [6.45, 7) is 16.6. The van der Waals surface area contributed by atoms with E-state index < -0.39 is 0 Å². The predicted octanol–water partition coefficient (Wildman–Crippen LogP) is 27.8. The van der Waals surface area contributed by atoms with Crippen LogP contribution in [0.2, 0.25) is 0 Å². The first-order valence-corrected chi connectivity index (χ1v) is 41.5. The Labute approximate surface area is 576 Å². The number of unbranched alkanes of at least 4 members (excludes halogenated alkanes) is 53. The van der Waals surface area contributed by atoms with Gasteiger partial charge in [0.05, 0.1) is 67.7 Å². The molecule has 0 spiro atoms. The second-order valence-electron chi connectivity index (χ2n) is 30.7. The van der Waals surface area contributed by atoms with E-state index in [1.54, 1.807) is 0 Å². The number of benzene rings is 2. The molecule has 92 heavy (non-hydrogen) atoms. The number of hydrogen-bond acceptors (Lipinski definition) is 4. The molecule has 0 fully saturated rings. The Bertz CT molecular complexity index is 1710. The topological polar surface area (TPSA) is 36.9 Å². The Morgan fingerprint density at radius 1 is 0.207 bits per heavy atom. The van der Waals surface area contributed by atoms with E-state index in [4.69, 9.17) is 18.9 Å². The van der Waals surface area contributed by atoms with Gasteiger partial charge in [0.25, 0.3) is 0 Å². The molecule has 0 heterocycles. The molecule has 2 aromatic carbocycles. The molecule has 0 aliphatic rings. The summed E-state index contributed by atoms with van der Waals surface area (Å²) in [5, 5.41) is 0. The smallest absolute Gasteiger partial charge is 0.161 e. The van der Waals surface area contributed by atoms with Crippen LogP contribution in [-0.2, 0) is 13.1 Å². The number of rotatable bonds is 73. The van der Waals surface area contributed by atoms with Crippen molar-refractivity contribution in [3.8, 4) is 23.0 Å². The highest BCUT2D eigenvalue weighted by Gasteiger charge is 2.22. The minimum Gasteiger partial charge on any atom is -0.490 e. The molecule has 0 saturated carbocycles. The quantitative estimate of drug-likeness (QED) is 0.0489. The standard InChI is InChI=1S/C86H162N2O4/c1-9-13-17-21-25-29-33-37-41-45-49-53-57-63-73-89-83-69-67-81(77-85(83)91-75-65-59-55-51-47-43-39-35-31-27-23-19-15-11-3)79-87(5,6)71-61-62-72-88(7,8)80-82-68-70-84(90-74-64-58-54-50-46-42-38-34-30-26-22-18-14-10-2)86(78-82)92-76-66-60-56-52-48-44-40-36-32-28-24-20-16-12-4/h67-70,77-78H,9-66,71-76,79-80H2,1-8H3/q+2. The fourth-order valence-electron chi connectivity index (χ4n) is 13.9. The van der Waals surface area contributed by atoms with Crippen molar-refractivity contribution in [3.05, 3.63) is 47.5 Å². The van der Waals surface area contributed by atoms with Gasteiger partial charge in [-0.15, -0.1) is 0 Å². The molecule has 2 aromatic rings. The largest absolute Gasteiger partial charge is 0.490 e. The van der Waals surface area contributed by atoms with Crippen LogP contribution in [0.25, 0.3) is 0 Å². The second-order valence-corrected chi connectivity index (χ2v) is 30.7. The normalized spacial score (nSPS) is 12.0. The van der Waals surface area contributed by atoms with Crippen LogP contribution in [0.1, 0.15) is 411 Å². The Kier molecular flexibility index (Phi) is 58.9. The lowest BCUT2D eigenvalue weighted by Crippen LogP contribution is -2.42. The van der Waals surface area contributed by atoms with Crippen LogP contribution >= 0.6 is 0 Å². The first-order valence-electron chi connectivity index (χ1n) is 41.5. The molecule has 0 atom stereocenters. The molecule has 0 aliphatic carbocycles. The van der Waals surface area contributed by atoms with Gasteiger partial charge in [-0.3, -0.25) is 0 Å². The van der Waals surface area contributed by atoms with Crippen molar-refractivity contribution in [2.75, 3.05) is 67.7 Å². The third-order valence-electron chi connectivity index (χ3n) is 20.0. The highest BCUT2D eigenvalue weighted by Crippen LogP contribution is 2.33. The predicted molar refractivity (Wildman–Crippen MR) is 407 cm³/mol. The van der Waals surface area contributed by atoms with Crippen LogP contribution in [0, 0.1) is 0 Å². The summed E-state index contributed by atoms with van der Waals surface area (Å²) in [6, 6.07) is 13.7. The third-order valence-corrected chi connectivity index (χ3v) is 20.0. The van der Waals surface area contributed by atoms with E-state index in [0.29, 0.717) is 0 Å². The Balaban J connectivity index is 1.90. The summed E-state index contributed by atoms with van der Waals surface area (Å²) in [7, 11) is 9.66. The molecule has 538 valence electrons.